The van der Waals surface area contributed by atoms with E-state index in [-0.39, 0.29) is 38.2 Å². The topological polar surface area (TPSA) is 149 Å². The SMILES string of the molecule is C.COc1ccc(CN(Cc2ccc(CO)cc2)C(=O)CCCCCN2CCCS2(=O)=O)cc1.COc1ccc(CN(Cc2ccc(CO)cc2)C(=O)CCCCCNCCCCCl)cc1. The Kier molecular flexibility index (Phi) is 26.6. The molecule has 0 aromatic heterocycles. The maximum atomic E-state index is 13.1. The molecule has 0 spiro atoms. The summed E-state index contributed by atoms with van der Waals surface area (Å²) in [5.41, 5.74) is 5.88. The van der Waals surface area contributed by atoms with Gasteiger partial charge >= 0.3 is 0 Å². The van der Waals surface area contributed by atoms with Gasteiger partial charge in [0.25, 0.3) is 0 Å². The van der Waals surface area contributed by atoms with Crippen LogP contribution in [0.5, 0.6) is 11.5 Å². The molecule has 4 aromatic rings. The van der Waals surface area contributed by atoms with Crippen LogP contribution in [-0.4, -0.2) is 96.6 Å². The minimum Gasteiger partial charge on any atom is -0.497 e. The van der Waals surface area contributed by atoms with Crippen LogP contribution < -0.4 is 14.8 Å². The molecule has 0 saturated carbocycles. The highest BCUT2D eigenvalue weighted by atomic mass is 35.5. The summed E-state index contributed by atoms with van der Waals surface area (Å²) in [6.07, 6.45) is 9.19. The number of ether oxygens (including phenoxy) is 2. The number of carbonyl (C=O) groups is 2. The fourth-order valence-corrected chi connectivity index (χ4v) is 9.24. The van der Waals surface area contributed by atoms with Crippen molar-refractivity contribution in [2.75, 3.05) is 52.0 Å². The van der Waals surface area contributed by atoms with Gasteiger partial charge in [-0.2, -0.15) is 0 Å². The van der Waals surface area contributed by atoms with Gasteiger partial charge in [0.05, 0.1) is 33.2 Å². The van der Waals surface area contributed by atoms with Crippen molar-refractivity contribution in [2.24, 2.45) is 0 Å². The lowest BCUT2D eigenvalue weighted by Gasteiger charge is -2.23. The minimum atomic E-state index is -3.05. The van der Waals surface area contributed by atoms with E-state index in [1.54, 1.807) is 18.5 Å². The van der Waals surface area contributed by atoms with Gasteiger partial charge in [0.15, 0.2) is 0 Å². The second-order valence-corrected chi connectivity index (χ2v) is 18.9. The minimum absolute atomic E-state index is 0. The zero-order valence-electron chi connectivity index (χ0n) is 38.5. The zero-order chi connectivity index (χ0) is 46.7. The second-order valence-electron chi connectivity index (χ2n) is 16.5. The molecule has 5 rings (SSSR count). The van der Waals surface area contributed by atoms with E-state index in [1.807, 2.05) is 107 Å². The van der Waals surface area contributed by atoms with Crippen molar-refractivity contribution in [3.05, 3.63) is 130 Å². The first kappa shape index (κ1) is 55.8. The third-order valence-electron chi connectivity index (χ3n) is 11.4. The van der Waals surface area contributed by atoms with Gasteiger partial charge in [0.1, 0.15) is 11.5 Å². The number of alkyl halides is 1. The van der Waals surface area contributed by atoms with E-state index in [2.05, 4.69) is 5.32 Å². The van der Waals surface area contributed by atoms with Crippen LogP contribution in [0.15, 0.2) is 97.1 Å². The first-order valence-corrected chi connectivity index (χ1v) is 25.1. The normalized spacial score (nSPS) is 13.0. The summed E-state index contributed by atoms with van der Waals surface area (Å²) < 4.78 is 35.8. The molecule has 1 aliphatic rings. The Morgan fingerprint density at radius 3 is 1.33 bits per heavy atom. The molecule has 0 unspecified atom stereocenters. The van der Waals surface area contributed by atoms with Gasteiger partial charge in [-0.3, -0.25) is 9.59 Å². The number of aliphatic hydroxyl groups excluding tert-OH is 2. The summed E-state index contributed by atoms with van der Waals surface area (Å²) in [5.74, 6) is 2.81. The summed E-state index contributed by atoms with van der Waals surface area (Å²) in [6, 6.07) is 31.0. The Bertz CT molecular complexity index is 1960. The first-order chi connectivity index (χ1) is 31.6. The molecule has 0 bridgehead atoms. The maximum absolute atomic E-state index is 13.1. The molecule has 0 radical (unpaired) electrons. The van der Waals surface area contributed by atoms with Crippen molar-refractivity contribution in [2.45, 2.75) is 117 Å². The van der Waals surface area contributed by atoms with Gasteiger partial charge in [-0.25, -0.2) is 12.7 Å². The van der Waals surface area contributed by atoms with Crippen molar-refractivity contribution >= 4 is 33.4 Å². The predicted octanol–water partition coefficient (Wildman–Crippen LogP) is 8.83. The van der Waals surface area contributed by atoms with E-state index in [0.717, 1.165) is 115 Å². The highest BCUT2D eigenvalue weighted by Crippen LogP contribution is 2.20. The summed E-state index contributed by atoms with van der Waals surface area (Å²) in [7, 11) is 0.224. The number of amides is 2. The van der Waals surface area contributed by atoms with Crippen LogP contribution in [0.4, 0.5) is 0 Å². The molecule has 14 heteroatoms. The van der Waals surface area contributed by atoms with Gasteiger partial charge in [-0.15, -0.1) is 11.6 Å². The van der Waals surface area contributed by atoms with Crippen molar-refractivity contribution < 1.29 is 37.7 Å². The number of nitrogens with zero attached hydrogens (tertiary/aromatic N) is 3. The summed E-state index contributed by atoms with van der Waals surface area (Å²) in [6.45, 7) is 5.28. The number of sulfonamides is 1. The van der Waals surface area contributed by atoms with Crippen LogP contribution in [0.3, 0.4) is 0 Å². The lowest BCUT2D eigenvalue weighted by molar-refractivity contribution is -0.133. The highest BCUT2D eigenvalue weighted by Gasteiger charge is 2.27. The number of halogens is 1. The average Bonchev–Trinajstić information content (AvgIpc) is 3.68. The number of methoxy groups -OCH3 is 2. The molecule has 1 fully saturated rings. The highest BCUT2D eigenvalue weighted by molar-refractivity contribution is 7.89. The van der Waals surface area contributed by atoms with Crippen LogP contribution in [0.2, 0.25) is 0 Å². The van der Waals surface area contributed by atoms with Crippen LogP contribution in [0.1, 0.15) is 111 Å². The van der Waals surface area contributed by atoms with Crippen molar-refractivity contribution in [3.63, 3.8) is 0 Å². The molecule has 2 amide bonds. The Labute approximate surface area is 400 Å². The molecule has 1 heterocycles. The van der Waals surface area contributed by atoms with E-state index < -0.39 is 10.0 Å². The predicted molar refractivity (Wildman–Crippen MR) is 266 cm³/mol. The van der Waals surface area contributed by atoms with Gasteiger partial charge < -0.3 is 34.8 Å². The molecule has 1 aliphatic heterocycles. The lowest BCUT2D eigenvalue weighted by Crippen LogP contribution is -2.30. The second kappa shape index (κ2) is 31.5. The van der Waals surface area contributed by atoms with Crippen LogP contribution >= 0.6 is 11.6 Å². The van der Waals surface area contributed by atoms with Gasteiger partial charge in [0.2, 0.25) is 21.8 Å². The maximum Gasteiger partial charge on any atom is 0.223 e. The number of unbranched alkanes of at least 4 members (excludes halogenated alkanes) is 5. The number of nitrogens with one attached hydrogen (secondary N) is 1. The molecular weight excluding hydrogens is 876 g/mol. The largest absolute Gasteiger partial charge is 0.497 e. The average molecular weight is 952 g/mol. The quantitative estimate of drug-likeness (QED) is 0.0375. The molecule has 364 valence electrons. The molecule has 0 aliphatic carbocycles. The smallest absolute Gasteiger partial charge is 0.223 e. The van der Waals surface area contributed by atoms with E-state index in [4.69, 9.17) is 21.1 Å². The Morgan fingerprint density at radius 2 is 0.970 bits per heavy atom. The van der Waals surface area contributed by atoms with Gasteiger partial charge in [-0.1, -0.05) is 93.1 Å². The van der Waals surface area contributed by atoms with E-state index in [9.17, 15) is 28.2 Å². The van der Waals surface area contributed by atoms with Gasteiger partial charge in [0, 0.05) is 58.0 Å². The lowest BCUT2D eigenvalue weighted by atomic mass is 10.1. The number of hydrogen-bond acceptors (Lipinski definition) is 9. The van der Waals surface area contributed by atoms with E-state index in [0.29, 0.717) is 58.5 Å². The van der Waals surface area contributed by atoms with Crippen molar-refractivity contribution in [1.29, 1.82) is 0 Å². The fraction of sp³-hybridized carbons (Fsp3) is 0.500. The number of hydrogen-bond donors (Lipinski definition) is 3. The third-order valence-corrected chi connectivity index (χ3v) is 13.6. The Balaban J connectivity index is 0.000000345. The van der Waals surface area contributed by atoms with E-state index in [1.165, 1.54) is 0 Å². The van der Waals surface area contributed by atoms with E-state index >= 15 is 0 Å². The van der Waals surface area contributed by atoms with Crippen molar-refractivity contribution in [1.82, 2.24) is 19.4 Å². The number of benzene rings is 4. The summed E-state index contributed by atoms with van der Waals surface area (Å²) in [5, 5.41) is 22.0. The monoisotopic (exact) mass is 950 g/mol. The van der Waals surface area contributed by atoms with Crippen LogP contribution in [0.25, 0.3) is 0 Å². The molecule has 12 nitrogen and oxygen atoms in total. The number of aliphatic hydroxyl groups is 2. The Morgan fingerprint density at radius 1 is 0.591 bits per heavy atom. The van der Waals surface area contributed by atoms with Gasteiger partial charge in [-0.05, 0) is 116 Å². The first-order valence-electron chi connectivity index (χ1n) is 23.0. The molecular formula is C52H75ClN4O8S. The number of rotatable bonds is 28. The molecule has 66 heavy (non-hydrogen) atoms. The summed E-state index contributed by atoms with van der Waals surface area (Å²) in [4.78, 5) is 29.9. The Hall–Kier alpha value is -4.50. The number of carbonyl (C=O) groups excluding carboxylic acids is 2. The molecule has 3 N–H and O–H groups in total. The van der Waals surface area contributed by atoms with Crippen molar-refractivity contribution in [3.8, 4) is 11.5 Å². The standard InChI is InChI=1S/C26H37ClN2O3.C25H34N2O5S.CH4/c1-32-25-14-12-23(13-15-25)20-29(19-22-8-10-24(21-30)11-9-22)26(31)7-3-2-5-17-28-18-6-4-16-27;1-32-24-13-11-22(12-14-24)19-26(18-21-7-9-23(20-28)10-8-21)25(29)6-3-2-4-15-27-16-5-17-33(27,30)31;/h8-15,28,30H,2-7,16-21H2,1H3;7-14,28H,2-6,15-20H2,1H3;1H4. The van der Waals surface area contributed by atoms with Crippen LogP contribution in [0, 0.1) is 0 Å². The van der Waals surface area contributed by atoms with Crippen LogP contribution in [-0.2, 0) is 59.0 Å². The molecule has 0 atom stereocenters. The third kappa shape index (κ3) is 20.6. The summed E-state index contributed by atoms with van der Waals surface area (Å²) >= 11 is 5.69. The molecule has 1 saturated heterocycles. The zero-order valence-corrected chi connectivity index (χ0v) is 40.0. The fourth-order valence-electron chi connectivity index (χ4n) is 7.48. The molecule has 4 aromatic carbocycles.